The summed E-state index contributed by atoms with van der Waals surface area (Å²) in [5, 5.41) is 28.3. The van der Waals surface area contributed by atoms with Crippen molar-refractivity contribution in [2.24, 2.45) is 5.73 Å². The quantitative estimate of drug-likeness (QED) is 0.594. The highest BCUT2D eigenvalue weighted by Gasteiger charge is 2.15. The molecule has 0 radical (unpaired) electrons. The molecule has 90 valence electrons. The largest absolute Gasteiger partial charge is 0.508 e. The highest BCUT2D eigenvalue weighted by molar-refractivity contribution is 5.37. The normalized spacial score (nSPS) is 14.8. The van der Waals surface area contributed by atoms with E-state index >= 15 is 0 Å². The maximum atomic E-state index is 9.87. The molecule has 2 atom stereocenters. The van der Waals surface area contributed by atoms with Gasteiger partial charge in [-0.25, -0.2) is 0 Å². The minimum Gasteiger partial charge on any atom is -0.508 e. The molecule has 1 aromatic carbocycles. The van der Waals surface area contributed by atoms with Crippen LogP contribution < -0.4 is 5.73 Å². The summed E-state index contributed by atoms with van der Waals surface area (Å²) in [6, 6.07) is 4.68. The third-order valence-electron chi connectivity index (χ3n) is 2.62. The number of aryl methyl sites for hydroxylation is 1. The Kier molecular flexibility index (Phi) is 4.73. The summed E-state index contributed by atoms with van der Waals surface area (Å²) < 4.78 is 0. The molecular weight excluding hydrogens is 206 g/mol. The fourth-order valence-electron chi connectivity index (χ4n) is 1.58. The first-order valence-corrected chi connectivity index (χ1v) is 5.44. The average molecular weight is 225 g/mol. The Labute approximate surface area is 95.3 Å². The van der Waals surface area contributed by atoms with Gasteiger partial charge in [0.2, 0.25) is 0 Å². The summed E-state index contributed by atoms with van der Waals surface area (Å²) in [5.41, 5.74) is 7.06. The van der Waals surface area contributed by atoms with Crippen molar-refractivity contribution in [2.75, 3.05) is 6.61 Å². The smallest absolute Gasteiger partial charge is 0.121 e. The van der Waals surface area contributed by atoms with Crippen LogP contribution >= 0.6 is 0 Å². The molecule has 0 heterocycles. The first kappa shape index (κ1) is 13.0. The molecule has 1 rings (SSSR count). The summed E-state index contributed by atoms with van der Waals surface area (Å²) in [6.45, 7) is 1.83. The predicted molar refractivity (Wildman–Crippen MR) is 62.1 cm³/mol. The Hall–Kier alpha value is -1.10. The van der Waals surface area contributed by atoms with Gasteiger partial charge in [0.1, 0.15) is 5.75 Å². The molecule has 4 nitrogen and oxygen atoms in total. The first-order chi connectivity index (χ1) is 7.58. The number of hydrogen-bond acceptors (Lipinski definition) is 4. The summed E-state index contributed by atoms with van der Waals surface area (Å²) in [6.07, 6.45) is 0.233. The number of aliphatic hydroxyl groups is 2. The topological polar surface area (TPSA) is 86.7 Å². The Morgan fingerprint density at radius 3 is 2.62 bits per heavy atom. The average Bonchev–Trinajstić information content (AvgIpc) is 2.29. The van der Waals surface area contributed by atoms with Crippen LogP contribution in [-0.2, 0) is 6.42 Å². The third kappa shape index (κ3) is 3.20. The van der Waals surface area contributed by atoms with Crippen molar-refractivity contribution in [1.82, 2.24) is 0 Å². The summed E-state index contributed by atoms with van der Waals surface area (Å²) >= 11 is 0. The van der Waals surface area contributed by atoms with E-state index in [0.717, 1.165) is 12.0 Å². The highest BCUT2D eigenvalue weighted by Crippen LogP contribution is 2.28. The van der Waals surface area contributed by atoms with Crippen LogP contribution in [0.5, 0.6) is 5.75 Å². The zero-order chi connectivity index (χ0) is 12.1. The van der Waals surface area contributed by atoms with Crippen LogP contribution in [0.25, 0.3) is 0 Å². The minimum atomic E-state index is -0.839. The fourth-order valence-corrected chi connectivity index (χ4v) is 1.58. The van der Waals surface area contributed by atoms with Gasteiger partial charge in [0, 0.05) is 11.6 Å². The highest BCUT2D eigenvalue weighted by atomic mass is 16.3. The Morgan fingerprint density at radius 2 is 2.06 bits per heavy atom. The van der Waals surface area contributed by atoms with Crippen molar-refractivity contribution in [3.05, 3.63) is 29.3 Å². The Morgan fingerprint density at radius 1 is 1.38 bits per heavy atom. The van der Waals surface area contributed by atoms with Crippen LogP contribution in [0.4, 0.5) is 0 Å². The summed E-state index contributed by atoms with van der Waals surface area (Å²) in [7, 11) is 0. The van der Waals surface area contributed by atoms with E-state index in [1.807, 2.05) is 13.0 Å². The monoisotopic (exact) mass is 225 g/mol. The molecule has 4 heteroatoms. The first-order valence-electron chi connectivity index (χ1n) is 5.44. The number of benzene rings is 1. The van der Waals surface area contributed by atoms with Gasteiger partial charge >= 0.3 is 0 Å². The summed E-state index contributed by atoms with van der Waals surface area (Å²) in [4.78, 5) is 0. The molecule has 0 fully saturated rings. The molecule has 1 aromatic rings. The van der Waals surface area contributed by atoms with Crippen LogP contribution in [-0.4, -0.2) is 28.0 Å². The van der Waals surface area contributed by atoms with Crippen LogP contribution in [0.15, 0.2) is 18.2 Å². The van der Waals surface area contributed by atoms with Gasteiger partial charge in [-0.15, -0.1) is 0 Å². The van der Waals surface area contributed by atoms with Crippen LogP contribution in [0.2, 0.25) is 0 Å². The van der Waals surface area contributed by atoms with E-state index in [0.29, 0.717) is 5.56 Å². The number of aromatic hydroxyl groups is 1. The van der Waals surface area contributed by atoms with Crippen molar-refractivity contribution in [1.29, 1.82) is 0 Å². The van der Waals surface area contributed by atoms with E-state index in [1.54, 1.807) is 12.1 Å². The van der Waals surface area contributed by atoms with Gasteiger partial charge in [-0.3, -0.25) is 0 Å². The number of phenolic OH excluding ortho intramolecular Hbond substituents is 1. The minimum absolute atomic E-state index is 0.0647. The van der Waals surface area contributed by atoms with Gasteiger partial charge in [-0.1, -0.05) is 13.0 Å². The molecular formula is C12H19NO3. The maximum Gasteiger partial charge on any atom is 0.121 e. The lowest BCUT2D eigenvalue weighted by atomic mass is 9.99. The third-order valence-corrected chi connectivity index (χ3v) is 2.62. The van der Waals surface area contributed by atoms with Gasteiger partial charge in [-0.05, 0) is 30.5 Å². The zero-order valence-electron chi connectivity index (χ0n) is 9.43. The molecule has 0 unspecified atom stereocenters. The lowest BCUT2D eigenvalue weighted by molar-refractivity contribution is 0.137. The zero-order valence-corrected chi connectivity index (χ0v) is 9.43. The molecule has 0 aliphatic rings. The number of rotatable bonds is 5. The van der Waals surface area contributed by atoms with Crippen LogP contribution in [0.1, 0.15) is 30.6 Å². The SMILES string of the molecule is CCc1ccc(O)c([C@H](O)C[C@@H](N)CO)c1. The van der Waals surface area contributed by atoms with E-state index in [9.17, 15) is 10.2 Å². The van der Waals surface area contributed by atoms with Gasteiger partial charge in [0.25, 0.3) is 0 Å². The Bertz CT molecular complexity index is 341. The van der Waals surface area contributed by atoms with E-state index in [-0.39, 0.29) is 18.8 Å². The molecule has 16 heavy (non-hydrogen) atoms. The molecule has 0 bridgehead atoms. The molecule has 5 N–H and O–H groups in total. The number of aliphatic hydroxyl groups excluding tert-OH is 2. The van der Waals surface area contributed by atoms with Crippen molar-refractivity contribution < 1.29 is 15.3 Å². The van der Waals surface area contributed by atoms with Crippen molar-refractivity contribution in [2.45, 2.75) is 31.9 Å². The van der Waals surface area contributed by atoms with E-state index in [2.05, 4.69) is 0 Å². The van der Waals surface area contributed by atoms with Crippen molar-refractivity contribution >= 4 is 0 Å². The second kappa shape index (κ2) is 5.84. The van der Waals surface area contributed by atoms with Gasteiger partial charge in [-0.2, -0.15) is 0 Å². The summed E-state index contributed by atoms with van der Waals surface area (Å²) in [5.74, 6) is 0.0647. The second-order valence-electron chi connectivity index (χ2n) is 3.94. The van der Waals surface area contributed by atoms with Gasteiger partial charge in [0.15, 0.2) is 0 Å². The van der Waals surface area contributed by atoms with Crippen LogP contribution in [0.3, 0.4) is 0 Å². The maximum absolute atomic E-state index is 9.87. The molecule has 0 aromatic heterocycles. The number of hydrogen-bond donors (Lipinski definition) is 4. The van der Waals surface area contributed by atoms with E-state index < -0.39 is 12.1 Å². The molecule has 0 aliphatic carbocycles. The van der Waals surface area contributed by atoms with Crippen LogP contribution in [0, 0.1) is 0 Å². The van der Waals surface area contributed by atoms with Crippen molar-refractivity contribution in [3.63, 3.8) is 0 Å². The Balaban J connectivity index is 2.84. The molecule has 0 amide bonds. The lowest BCUT2D eigenvalue weighted by Crippen LogP contribution is -2.26. The second-order valence-corrected chi connectivity index (χ2v) is 3.94. The number of phenols is 1. The molecule has 0 saturated carbocycles. The van der Waals surface area contributed by atoms with Gasteiger partial charge < -0.3 is 21.1 Å². The molecule has 0 spiro atoms. The van der Waals surface area contributed by atoms with E-state index in [4.69, 9.17) is 10.8 Å². The predicted octanol–water partition coefficient (Wildman–Crippen LogP) is 0.698. The number of nitrogens with two attached hydrogens (primary N) is 1. The van der Waals surface area contributed by atoms with E-state index in [1.165, 1.54) is 0 Å². The fraction of sp³-hybridized carbons (Fsp3) is 0.500. The standard InChI is InChI=1S/C12H19NO3/c1-2-8-3-4-11(15)10(5-8)12(16)6-9(13)7-14/h3-5,9,12,14-16H,2,6-7,13H2,1H3/t9-,12-/m1/s1. The van der Waals surface area contributed by atoms with Crippen molar-refractivity contribution in [3.8, 4) is 5.75 Å². The van der Waals surface area contributed by atoms with Gasteiger partial charge in [0.05, 0.1) is 12.7 Å². The lowest BCUT2D eigenvalue weighted by Gasteiger charge is -2.16. The molecule has 0 saturated heterocycles. The molecule has 0 aliphatic heterocycles.